The van der Waals surface area contributed by atoms with Crippen molar-refractivity contribution in [3.63, 3.8) is 0 Å². The number of rotatable bonds is 5. The molecule has 5 heterocycles. The molecular weight excluding hydrogens is 482 g/mol. The van der Waals surface area contributed by atoms with E-state index < -0.39 is 6.04 Å². The number of hydrogen-bond donors (Lipinski definition) is 2. The van der Waals surface area contributed by atoms with E-state index in [1.807, 2.05) is 30.6 Å². The van der Waals surface area contributed by atoms with Crippen LogP contribution >= 0.6 is 0 Å². The van der Waals surface area contributed by atoms with Crippen molar-refractivity contribution in [3.05, 3.63) is 59.4 Å². The van der Waals surface area contributed by atoms with Crippen LogP contribution in [0.4, 0.5) is 0 Å². The maximum atomic E-state index is 13.0. The number of carbonyl (C=O) groups is 3. The number of benzene rings is 1. The summed E-state index contributed by atoms with van der Waals surface area (Å²) >= 11 is 0. The summed E-state index contributed by atoms with van der Waals surface area (Å²) in [6.45, 7) is 2.40. The van der Waals surface area contributed by atoms with Crippen LogP contribution in [0.25, 0.3) is 11.0 Å². The number of hydrogen-bond acceptors (Lipinski definition) is 6. The smallest absolute Gasteiger partial charge is 0.255 e. The zero-order valence-electron chi connectivity index (χ0n) is 21.2. The van der Waals surface area contributed by atoms with Crippen molar-refractivity contribution in [3.8, 4) is 5.75 Å². The van der Waals surface area contributed by atoms with Gasteiger partial charge in [-0.25, -0.2) is 4.98 Å². The Morgan fingerprint density at radius 3 is 2.74 bits per heavy atom. The van der Waals surface area contributed by atoms with Gasteiger partial charge in [0.2, 0.25) is 11.8 Å². The lowest BCUT2D eigenvalue weighted by Crippen LogP contribution is -2.57. The second kappa shape index (κ2) is 9.23. The van der Waals surface area contributed by atoms with Crippen molar-refractivity contribution < 1.29 is 19.1 Å². The Morgan fingerprint density at radius 1 is 1.00 bits per heavy atom. The van der Waals surface area contributed by atoms with E-state index in [-0.39, 0.29) is 30.2 Å². The molecule has 2 N–H and O–H groups in total. The molecule has 2 saturated heterocycles. The van der Waals surface area contributed by atoms with E-state index in [9.17, 15) is 14.4 Å². The van der Waals surface area contributed by atoms with Crippen LogP contribution < -0.4 is 10.1 Å². The number of piperidine rings is 1. The first-order valence-electron chi connectivity index (χ1n) is 13.7. The van der Waals surface area contributed by atoms with Crippen LogP contribution in [-0.2, 0) is 16.1 Å². The van der Waals surface area contributed by atoms with Crippen molar-refractivity contribution in [1.82, 2.24) is 25.1 Å². The van der Waals surface area contributed by atoms with Crippen LogP contribution in [0.15, 0.2) is 42.7 Å². The van der Waals surface area contributed by atoms with Crippen LogP contribution in [0.1, 0.15) is 65.9 Å². The molecule has 3 aliphatic heterocycles. The SMILES string of the molecule is O=C1CCC(N2Cc3cc(O[C@@H]4CCCC[C@H]4N4CC(c5ccnc6[nH]ccc56)C4)ccc3C2=O)C(=O)N1. The summed E-state index contributed by atoms with van der Waals surface area (Å²) in [6, 6.07) is 9.70. The van der Waals surface area contributed by atoms with Gasteiger partial charge < -0.3 is 14.6 Å². The molecule has 38 heavy (non-hydrogen) atoms. The van der Waals surface area contributed by atoms with Crippen LogP contribution in [0.3, 0.4) is 0 Å². The van der Waals surface area contributed by atoms with E-state index in [2.05, 4.69) is 32.3 Å². The van der Waals surface area contributed by atoms with E-state index in [1.54, 1.807) is 4.90 Å². The largest absolute Gasteiger partial charge is 0.489 e. The standard InChI is InChI=1S/C29H31N5O4/c35-26-8-7-24(28(36)32-26)34-16-17-13-19(5-6-21(17)29(34)37)38-25-4-2-1-3-23(25)33-14-18(15-33)20-9-11-30-27-22(20)10-12-31-27/h5-6,9-13,18,23-25H,1-4,7-8,14-16H2,(H,30,31)(H,32,35,36)/t23-,24?,25-/m1/s1. The topological polar surface area (TPSA) is 108 Å². The normalized spacial score (nSPS) is 26.4. The molecule has 1 unspecified atom stereocenters. The van der Waals surface area contributed by atoms with Gasteiger partial charge in [-0.15, -0.1) is 0 Å². The fourth-order valence-corrected chi connectivity index (χ4v) is 6.75. The molecule has 7 rings (SSSR count). The van der Waals surface area contributed by atoms with Crippen molar-refractivity contribution in [1.29, 1.82) is 0 Å². The third-order valence-corrected chi connectivity index (χ3v) is 8.76. The molecule has 3 aromatic rings. The lowest BCUT2D eigenvalue weighted by atomic mass is 9.84. The van der Waals surface area contributed by atoms with Gasteiger partial charge in [0, 0.05) is 61.4 Å². The van der Waals surface area contributed by atoms with Gasteiger partial charge in [0.1, 0.15) is 23.5 Å². The summed E-state index contributed by atoms with van der Waals surface area (Å²) in [5.74, 6) is 0.457. The number of imide groups is 1. The number of amides is 3. The van der Waals surface area contributed by atoms with Gasteiger partial charge in [0.15, 0.2) is 0 Å². The second-order valence-corrected chi connectivity index (χ2v) is 11.0. The van der Waals surface area contributed by atoms with E-state index in [1.165, 1.54) is 17.4 Å². The minimum absolute atomic E-state index is 0.107. The highest BCUT2D eigenvalue weighted by atomic mass is 16.5. The molecule has 0 bridgehead atoms. The Bertz CT molecular complexity index is 1430. The maximum absolute atomic E-state index is 13.0. The molecule has 9 heteroatoms. The Balaban J connectivity index is 1.03. The second-order valence-electron chi connectivity index (χ2n) is 11.0. The fraction of sp³-hybridized carbons (Fsp3) is 0.448. The predicted molar refractivity (Wildman–Crippen MR) is 140 cm³/mol. The number of nitrogens with one attached hydrogen (secondary N) is 2. The molecule has 9 nitrogen and oxygen atoms in total. The summed E-state index contributed by atoms with van der Waals surface area (Å²) in [4.78, 5) is 48.7. The third kappa shape index (κ3) is 3.96. The average molecular weight is 514 g/mol. The predicted octanol–water partition coefficient (Wildman–Crippen LogP) is 3.11. The van der Waals surface area contributed by atoms with Gasteiger partial charge in [-0.2, -0.15) is 0 Å². The van der Waals surface area contributed by atoms with E-state index in [0.29, 0.717) is 30.5 Å². The van der Waals surface area contributed by atoms with E-state index in [0.717, 1.165) is 49.3 Å². The number of aromatic nitrogens is 2. The summed E-state index contributed by atoms with van der Waals surface area (Å²) in [5, 5.41) is 3.58. The summed E-state index contributed by atoms with van der Waals surface area (Å²) in [5.41, 5.74) is 3.80. The third-order valence-electron chi connectivity index (χ3n) is 8.76. The van der Waals surface area contributed by atoms with Gasteiger partial charge >= 0.3 is 0 Å². The zero-order valence-corrected chi connectivity index (χ0v) is 21.2. The molecule has 196 valence electrons. The number of H-pyrrole nitrogens is 1. The maximum Gasteiger partial charge on any atom is 0.255 e. The zero-order chi connectivity index (χ0) is 25.8. The lowest BCUT2D eigenvalue weighted by Gasteiger charge is -2.48. The molecule has 3 amide bonds. The Kier molecular flexibility index (Phi) is 5.69. The minimum atomic E-state index is -0.605. The monoisotopic (exact) mass is 513 g/mol. The lowest BCUT2D eigenvalue weighted by molar-refractivity contribution is -0.136. The van der Waals surface area contributed by atoms with Crippen molar-refractivity contribution >= 4 is 28.8 Å². The van der Waals surface area contributed by atoms with E-state index >= 15 is 0 Å². The van der Waals surface area contributed by atoms with Gasteiger partial charge in [-0.3, -0.25) is 24.6 Å². The quantitative estimate of drug-likeness (QED) is 0.508. The highest BCUT2D eigenvalue weighted by Gasteiger charge is 2.41. The molecular formula is C29H31N5O4. The first kappa shape index (κ1) is 23.4. The molecule has 1 aromatic carbocycles. The average Bonchev–Trinajstić information content (AvgIpc) is 3.49. The van der Waals surface area contributed by atoms with Crippen molar-refractivity contribution in [2.45, 2.75) is 69.2 Å². The molecule has 0 spiro atoms. The number of aromatic amines is 1. The molecule has 2 aromatic heterocycles. The van der Waals surface area contributed by atoms with Crippen LogP contribution in [0.5, 0.6) is 5.75 Å². The number of fused-ring (bicyclic) bond motifs is 2. The first-order valence-corrected chi connectivity index (χ1v) is 13.7. The Hall–Kier alpha value is -3.72. The molecule has 0 radical (unpaired) electrons. The van der Waals surface area contributed by atoms with Crippen LogP contribution in [-0.4, -0.2) is 68.8 Å². The van der Waals surface area contributed by atoms with Gasteiger partial charge in [-0.05, 0) is 67.1 Å². The van der Waals surface area contributed by atoms with Gasteiger partial charge in [-0.1, -0.05) is 6.42 Å². The highest BCUT2D eigenvalue weighted by Crippen LogP contribution is 2.38. The number of likely N-dealkylation sites (tertiary alicyclic amines) is 1. The number of ether oxygens (including phenoxy) is 1. The number of carbonyl (C=O) groups excluding carboxylic acids is 3. The summed E-state index contributed by atoms with van der Waals surface area (Å²) in [7, 11) is 0. The molecule has 1 saturated carbocycles. The number of nitrogens with zero attached hydrogens (tertiary/aromatic N) is 3. The Morgan fingerprint density at radius 2 is 1.87 bits per heavy atom. The number of pyridine rings is 1. The van der Waals surface area contributed by atoms with Crippen molar-refractivity contribution in [2.75, 3.05) is 13.1 Å². The highest BCUT2D eigenvalue weighted by molar-refractivity contribution is 6.05. The Labute approximate surface area is 220 Å². The minimum Gasteiger partial charge on any atom is -0.489 e. The first-order chi connectivity index (χ1) is 18.5. The molecule has 1 aliphatic carbocycles. The molecule has 3 atom stereocenters. The van der Waals surface area contributed by atoms with E-state index in [4.69, 9.17) is 4.74 Å². The molecule has 4 aliphatic rings. The summed E-state index contributed by atoms with van der Waals surface area (Å²) in [6.07, 6.45) is 9.08. The fourth-order valence-electron chi connectivity index (χ4n) is 6.75. The van der Waals surface area contributed by atoms with Crippen LogP contribution in [0.2, 0.25) is 0 Å². The van der Waals surface area contributed by atoms with Gasteiger partial charge in [0.05, 0.1) is 0 Å². The van der Waals surface area contributed by atoms with Crippen molar-refractivity contribution in [2.24, 2.45) is 0 Å². The molecule has 3 fully saturated rings. The van der Waals surface area contributed by atoms with Gasteiger partial charge in [0.25, 0.3) is 5.91 Å². The summed E-state index contributed by atoms with van der Waals surface area (Å²) < 4.78 is 6.59. The van der Waals surface area contributed by atoms with Crippen LogP contribution in [0, 0.1) is 0 Å².